The van der Waals surface area contributed by atoms with Crippen LogP contribution >= 0.6 is 0 Å². The highest BCUT2D eigenvalue weighted by Gasteiger charge is 2.15. The van der Waals surface area contributed by atoms with Gasteiger partial charge in [-0.15, -0.1) is 0 Å². The van der Waals surface area contributed by atoms with E-state index in [1.165, 1.54) is 27.1 Å². The van der Waals surface area contributed by atoms with Gasteiger partial charge in [0.25, 0.3) is 0 Å². The van der Waals surface area contributed by atoms with E-state index in [0.29, 0.717) is 0 Å². The van der Waals surface area contributed by atoms with Gasteiger partial charge in [0, 0.05) is 17.1 Å². The second kappa shape index (κ2) is 5.45. The Hall–Kier alpha value is -2.67. The summed E-state index contributed by atoms with van der Waals surface area (Å²) in [7, 11) is 0. The van der Waals surface area contributed by atoms with Crippen LogP contribution in [0.15, 0.2) is 72.9 Å². The average Bonchev–Trinajstić information content (AvgIpc) is 2.60. The Morgan fingerprint density at radius 1 is 0.708 bits per heavy atom. The van der Waals surface area contributed by atoms with Gasteiger partial charge in [0.2, 0.25) is 0 Å². The van der Waals surface area contributed by atoms with Crippen LogP contribution in [0.4, 0.5) is 0 Å². The van der Waals surface area contributed by atoms with Crippen molar-refractivity contribution in [3.05, 3.63) is 78.5 Å². The lowest BCUT2D eigenvalue weighted by Gasteiger charge is -2.20. The molecule has 0 saturated carbocycles. The molecule has 0 unspecified atom stereocenters. The number of fused-ring (bicyclic) bond motifs is 3. The zero-order valence-electron chi connectivity index (χ0n) is 14.4. The fourth-order valence-corrected chi connectivity index (χ4v) is 3.28. The molecule has 1 nitrogen and oxygen atoms in total. The highest BCUT2D eigenvalue weighted by Crippen LogP contribution is 2.34. The summed E-state index contributed by atoms with van der Waals surface area (Å²) in [5, 5.41) is 5.06. The molecule has 0 aliphatic carbocycles. The highest BCUT2D eigenvalue weighted by molar-refractivity contribution is 6.11. The van der Waals surface area contributed by atoms with Crippen LogP contribution < -0.4 is 0 Å². The van der Waals surface area contributed by atoms with Crippen LogP contribution in [0, 0.1) is 0 Å². The molecule has 0 aliphatic rings. The maximum Gasteiger partial charge on any atom is 0.0780 e. The summed E-state index contributed by atoms with van der Waals surface area (Å²) < 4.78 is 0. The SMILES string of the molecule is CC(C)(C)c1ccc2ccc3c(-c4ccccc4)nccc3c2c1. The van der Waals surface area contributed by atoms with Crippen LogP contribution in [0.2, 0.25) is 0 Å². The van der Waals surface area contributed by atoms with E-state index in [1.807, 2.05) is 12.3 Å². The van der Waals surface area contributed by atoms with Crippen molar-refractivity contribution in [2.24, 2.45) is 0 Å². The van der Waals surface area contributed by atoms with Crippen LogP contribution in [-0.2, 0) is 5.41 Å². The molecule has 4 aromatic rings. The van der Waals surface area contributed by atoms with Crippen molar-refractivity contribution in [2.75, 3.05) is 0 Å². The Bertz CT molecular complexity index is 1020. The summed E-state index contributed by atoms with van der Waals surface area (Å²) in [6.45, 7) is 6.78. The summed E-state index contributed by atoms with van der Waals surface area (Å²) >= 11 is 0. The van der Waals surface area contributed by atoms with E-state index in [4.69, 9.17) is 0 Å². The molecule has 0 N–H and O–H groups in total. The van der Waals surface area contributed by atoms with Gasteiger partial charge in [-0.2, -0.15) is 0 Å². The van der Waals surface area contributed by atoms with E-state index in [2.05, 4.69) is 86.4 Å². The van der Waals surface area contributed by atoms with Gasteiger partial charge in [-0.1, -0.05) is 75.4 Å². The molecule has 1 heterocycles. The van der Waals surface area contributed by atoms with Crippen molar-refractivity contribution in [2.45, 2.75) is 26.2 Å². The number of hydrogen-bond acceptors (Lipinski definition) is 1. The topological polar surface area (TPSA) is 12.9 Å². The van der Waals surface area contributed by atoms with Crippen molar-refractivity contribution in [3.8, 4) is 11.3 Å². The Labute approximate surface area is 143 Å². The third kappa shape index (κ3) is 2.46. The second-order valence-corrected chi connectivity index (χ2v) is 7.37. The molecule has 0 radical (unpaired) electrons. The summed E-state index contributed by atoms with van der Waals surface area (Å²) in [6.07, 6.45) is 1.92. The summed E-state index contributed by atoms with van der Waals surface area (Å²) in [4.78, 5) is 4.66. The number of rotatable bonds is 1. The molecule has 24 heavy (non-hydrogen) atoms. The number of nitrogens with zero attached hydrogens (tertiary/aromatic N) is 1. The van der Waals surface area contributed by atoms with Crippen LogP contribution in [0.1, 0.15) is 26.3 Å². The third-order valence-electron chi connectivity index (χ3n) is 4.68. The Morgan fingerprint density at radius 2 is 1.46 bits per heavy atom. The molecule has 0 aliphatic heterocycles. The van der Waals surface area contributed by atoms with E-state index in [1.54, 1.807) is 0 Å². The molecule has 0 saturated heterocycles. The van der Waals surface area contributed by atoms with Gasteiger partial charge in [0.1, 0.15) is 0 Å². The Balaban J connectivity index is 2.05. The maximum atomic E-state index is 4.66. The molecule has 3 aromatic carbocycles. The van der Waals surface area contributed by atoms with Crippen molar-refractivity contribution in [3.63, 3.8) is 0 Å². The quantitative estimate of drug-likeness (QED) is 0.373. The van der Waals surface area contributed by atoms with Crippen molar-refractivity contribution in [1.82, 2.24) is 4.98 Å². The van der Waals surface area contributed by atoms with Crippen molar-refractivity contribution in [1.29, 1.82) is 0 Å². The first kappa shape index (κ1) is 14.9. The predicted molar refractivity (Wildman–Crippen MR) is 103 cm³/mol. The van der Waals surface area contributed by atoms with Gasteiger partial charge in [-0.25, -0.2) is 0 Å². The molecule has 0 spiro atoms. The molecular formula is C23H21N. The first-order chi connectivity index (χ1) is 11.5. The van der Waals surface area contributed by atoms with Gasteiger partial charge in [-0.3, -0.25) is 4.98 Å². The standard InChI is InChI=1S/C23H21N/c1-23(2,3)18-11-9-16-10-12-20-19(21(16)15-18)13-14-24-22(20)17-7-5-4-6-8-17/h4-15H,1-3H3. The van der Waals surface area contributed by atoms with Crippen molar-refractivity contribution < 1.29 is 0 Å². The largest absolute Gasteiger partial charge is 0.256 e. The fourth-order valence-electron chi connectivity index (χ4n) is 3.28. The maximum absolute atomic E-state index is 4.66. The van der Waals surface area contributed by atoms with Crippen LogP contribution in [0.25, 0.3) is 32.8 Å². The molecule has 0 atom stereocenters. The Kier molecular flexibility index (Phi) is 3.38. The van der Waals surface area contributed by atoms with Gasteiger partial charge in [0.05, 0.1) is 5.69 Å². The smallest absolute Gasteiger partial charge is 0.0780 e. The highest BCUT2D eigenvalue weighted by atomic mass is 14.7. The van der Waals surface area contributed by atoms with E-state index in [0.717, 1.165) is 11.3 Å². The Morgan fingerprint density at radius 3 is 2.21 bits per heavy atom. The lowest BCUT2D eigenvalue weighted by molar-refractivity contribution is 0.591. The number of benzene rings is 3. The lowest BCUT2D eigenvalue weighted by atomic mass is 9.85. The minimum atomic E-state index is 0.144. The van der Waals surface area contributed by atoms with Crippen LogP contribution in [0.3, 0.4) is 0 Å². The van der Waals surface area contributed by atoms with E-state index >= 15 is 0 Å². The number of pyridine rings is 1. The van der Waals surface area contributed by atoms with Crippen LogP contribution in [-0.4, -0.2) is 4.98 Å². The number of hydrogen-bond donors (Lipinski definition) is 0. The number of aromatic nitrogens is 1. The van der Waals surface area contributed by atoms with E-state index < -0.39 is 0 Å². The van der Waals surface area contributed by atoms with Gasteiger partial charge in [-0.05, 0) is 39.3 Å². The lowest BCUT2D eigenvalue weighted by Crippen LogP contribution is -2.10. The fraction of sp³-hybridized carbons (Fsp3) is 0.174. The molecule has 0 bridgehead atoms. The summed E-state index contributed by atoms with van der Waals surface area (Å²) in [5.41, 5.74) is 3.72. The van der Waals surface area contributed by atoms with E-state index in [9.17, 15) is 0 Å². The van der Waals surface area contributed by atoms with Crippen molar-refractivity contribution >= 4 is 21.5 Å². The molecule has 4 rings (SSSR count). The third-order valence-corrected chi connectivity index (χ3v) is 4.68. The molecule has 1 heteroatoms. The first-order valence-corrected chi connectivity index (χ1v) is 8.41. The van der Waals surface area contributed by atoms with Crippen LogP contribution in [0.5, 0.6) is 0 Å². The molecular weight excluding hydrogens is 290 g/mol. The molecule has 1 aromatic heterocycles. The molecule has 0 amide bonds. The summed E-state index contributed by atoms with van der Waals surface area (Å²) in [5.74, 6) is 0. The van der Waals surface area contributed by atoms with E-state index in [-0.39, 0.29) is 5.41 Å². The average molecular weight is 311 g/mol. The molecule has 118 valence electrons. The minimum absolute atomic E-state index is 0.144. The second-order valence-electron chi connectivity index (χ2n) is 7.37. The van der Waals surface area contributed by atoms with Gasteiger partial charge in [0.15, 0.2) is 0 Å². The monoisotopic (exact) mass is 311 g/mol. The normalized spacial score (nSPS) is 12.0. The first-order valence-electron chi connectivity index (χ1n) is 8.41. The minimum Gasteiger partial charge on any atom is -0.256 e. The summed E-state index contributed by atoms with van der Waals surface area (Å²) in [6, 6.07) is 23.8. The van der Waals surface area contributed by atoms with Gasteiger partial charge < -0.3 is 0 Å². The molecule has 0 fully saturated rings. The van der Waals surface area contributed by atoms with Gasteiger partial charge >= 0.3 is 0 Å². The zero-order chi connectivity index (χ0) is 16.7. The zero-order valence-corrected chi connectivity index (χ0v) is 14.4. The predicted octanol–water partition coefficient (Wildman–Crippen LogP) is 6.35.